The number of allylic oxidation sites excluding steroid dienone is 4. The molecule has 0 aliphatic rings. The highest BCUT2D eigenvalue weighted by Crippen LogP contribution is 2.34. The highest BCUT2D eigenvalue weighted by Gasteiger charge is 2.26. The fourth-order valence-corrected chi connectivity index (χ4v) is 3.80. The summed E-state index contributed by atoms with van der Waals surface area (Å²) in [6.45, 7) is 13.3. The monoisotopic (exact) mass is 390 g/mol. The van der Waals surface area contributed by atoms with Gasteiger partial charge in [-0.3, -0.25) is 0 Å². The lowest BCUT2D eigenvalue weighted by Gasteiger charge is -2.32. The molecule has 0 aliphatic carbocycles. The third-order valence-electron chi connectivity index (χ3n) is 5.99. The SMILES string of the molecule is CC/C=C(C)/C(C)=C/CC.CCC(CC)(Cc1ccccc1)Cc1ccccc1. The van der Waals surface area contributed by atoms with Gasteiger partial charge in [-0.2, -0.15) is 0 Å². The van der Waals surface area contributed by atoms with Crippen molar-refractivity contribution in [3.8, 4) is 0 Å². The van der Waals surface area contributed by atoms with Gasteiger partial charge in [0.25, 0.3) is 0 Å². The van der Waals surface area contributed by atoms with Crippen LogP contribution in [0, 0.1) is 5.41 Å². The van der Waals surface area contributed by atoms with Crippen molar-refractivity contribution in [2.75, 3.05) is 0 Å². The highest BCUT2D eigenvalue weighted by molar-refractivity contribution is 5.26. The summed E-state index contributed by atoms with van der Waals surface area (Å²) in [7, 11) is 0. The maximum absolute atomic E-state index is 2.33. The van der Waals surface area contributed by atoms with Crippen LogP contribution in [-0.4, -0.2) is 0 Å². The van der Waals surface area contributed by atoms with E-state index in [9.17, 15) is 0 Å². The van der Waals surface area contributed by atoms with Gasteiger partial charge in [0, 0.05) is 0 Å². The molecule has 0 amide bonds. The van der Waals surface area contributed by atoms with Crippen LogP contribution < -0.4 is 0 Å². The van der Waals surface area contributed by atoms with Gasteiger partial charge in [-0.15, -0.1) is 0 Å². The summed E-state index contributed by atoms with van der Waals surface area (Å²) in [6, 6.07) is 21.8. The van der Waals surface area contributed by atoms with Crippen molar-refractivity contribution in [2.45, 2.75) is 80.1 Å². The molecule has 0 fully saturated rings. The topological polar surface area (TPSA) is 0 Å². The Morgan fingerprint density at radius 2 is 0.966 bits per heavy atom. The van der Waals surface area contributed by atoms with Crippen LogP contribution in [0.2, 0.25) is 0 Å². The first-order chi connectivity index (χ1) is 14.0. The predicted molar refractivity (Wildman–Crippen MR) is 131 cm³/mol. The molecule has 0 atom stereocenters. The van der Waals surface area contributed by atoms with Crippen LogP contribution in [0.15, 0.2) is 84.0 Å². The zero-order valence-electron chi connectivity index (χ0n) is 19.7. The van der Waals surface area contributed by atoms with Crippen molar-refractivity contribution in [2.24, 2.45) is 5.41 Å². The van der Waals surface area contributed by atoms with E-state index in [1.54, 1.807) is 0 Å². The van der Waals surface area contributed by atoms with Crippen LogP contribution in [0.25, 0.3) is 0 Å². The van der Waals surface area contributed by atoms with Crippen molar-refractivity contribution in [1.82, 2.24) is 0 Å². The Hall–Kier alpha value is -2.08. The summed E-state index contributed by atoms with van der Waals surface area (Å²) >= 11 is 0. The smallest absolute Gasteiger partial charge is 0.0219 e. The van der Waals surface area contributed by atoms with Crippen LogP contribution in [0.3, 0.4) is 0 Å². The molecule has 0 radical (unpaired) electrons. The first-order valence-corrected chi connectivity index (χ1v) is 11.4. The Morgan fingerprint density at radius 3 is 1.24 bits per heavy atom. The third-order valence-corrected chi connectivity index (χ3v) is 5.99. The molecule has 2 aromatic rings. The molecule has 29 heavy (non-hydrogen) atoms. The molecule has 0 nitrogen and oxygen atoms in total. The minimum Gasteiger partial charge on any atom is -0.0816 e. The molecule has 0 spiro atoms. The Labute approximate surface area is 180 Å². The largest absolute Gasteiger partial charge is 0.0816 e. The summed E-state index contributed by atoms with van der Waals surface area (Å²) in [5, 5.41) is 0. The molecule has 0 saturated carbocycles. The normalized spacial score (nSPS) is 12.3. The Kier molecular flexibility index (Phi) is 12.0. The van der Waals surface area contributed by atoms with E-state index in [0.717, 1.165) is 12.8 Å². The van der Waals surface area contributed by atoms with Gasteiger partial charge in [0.15, 0.2) is 0 Å². The zero-order chi connectivity index (χ0) is 21.5. The molecule has 0 aliphatic heterocycles. The molecular formula is C29H42. The van der Waals surface area contributed by atoms with Crippen molar-refractivity contribution >= 4 is 0 Å². The van der Waals surface area contributed by atoms with E-state index >= 15 is 0 Å². The number of hydrogen-bond donors (Lipinski definition) is 0. The Bertz CT molecular complexity index is 654. The quantitative estimate of drug-likeness (QED) is 0.375. The summed E-state index contributed by atoms with van der Waals surface area (Å²) in [6.07, 6.45) is 11.6. The van der Waals surface area contributed by atoms with Gasteiger partial charge in [0.2, 0.25) is 0 Å². The van der Waals surface area contributed by atoms with Gasteiger partial charge in [-0.05, 0) is 68.9 Å². The van der Waals surface area contributed by atoms with Crippen LogP contribution in [0.4, 0.5) is 0 Å². The van der Waals surface area contributed by atoms with Gasteiger partial charge in [0.1, 0.15) is 0 Å². The maximum Gasteiger partial charge on any atom is -0.0219 e. The minimum absolute atomic E-state index is 0.392. The van der Waals surface area contributed by atoms with Gasteiger partial charge >= 0.3 is 0 Å². The fourth-order valence-electron chi connectivity index (χ4n) is 3.80. The number of rotatable bonds is 9. The van der Waals surface area contributed by atoms with Crippen LogP contribution in [-0.2, 0) is 12.8 Å². The van der Waals surface area contributed by atoms with E-state index in [1.165, 1.54) is 48.0 Å². The molecule has 0 unspecified atom stereocenters. The van der Waals surface area contributed by atoms with E-state index in [0.29, 0.717) is 5.41 Å². The van der Waals surface area contributed by atoms with Crippen molar-refractivity contribution < 1.29 is 0 Å². The van der Waals surface area contributed by atoms with E-state index in [-0.39, 0.29) is 0 Å². The van der Waals surface area contributed by atoms with Crippen molar-refractivity contribution in [3.63, 3.8) is 0 Å². The number of benzene rings is 2. The second-order valence-corrected chi connectivity index (χ2v) is 8.12. The summed E-state index contributed by atoms with van der Waals surface area (Å²) in [5.74, 6) is 0. The van der Waals surface area contributed by atoms with E-state index < -0.39 is 0 Å². The van der Waals surface area contributed by atoms with E-state index in [2.05, 4.69) is 114 Å². The van der Waals surface area contributed by atoms with Crippen LogP contribution in [0.1, 0.15) is 78.4 Å². The second-order valence-electron chi connectivity index (χ2n) is 8.12. The first kappa shape index (κ1) is 25.0. The maximum atomic E-state index is 2.33. The lowest BCUT2D eigenvalue weighted by molar-refractivity contribution is 0.257. The van der Waals surface area contributed by atoms with Gasteiger partial charge in [0.05, 0.1) is 0 Å². The summed E-state index contributed by atoms with van der Waals surface area (Å²) in [5.41, 5.74) is 6.15. The van der Waals surface area contributed by atoms with Crippen LogP contribution in [0.5, 0.6) is 0 Å². The fraction of sp³-hybridized carbons (Fsp3) is 0.448. The predicted octanol–water partition coefficient (Wildman–Crippen LogP) is 8.98. The Balaban J connectivity index is 0.000000359. The third kappa shape index (κ3) is 9.31. The molecule has 0 saturated heterocycles. The Morgan fingerprint density at radius 1 is 0.621 bits per heavy atom. The van der Waals surface area contributed by atoms with Crippen molar-refractivity contribution in [3.05, 3.63) is 95.1 Å². The lowest BCUT2D eigenvalue weighted by Crippen LogP contribution is -2.25. The average Bonchev–Trinajstić information content (AvgIpc) is 2.75. The van der Waals surface area contributed by atoms with Crippen molar-refractivity contribution in [1.29, 1.82) is 0 Å². The molecule has 158 valence electrons. The highest BCUT2D eigenvalue weighted by atomic mass is 14.3. The van der Waals surface area contributed by atoms with Crippen LogP contribution >= 0.6 is 0 Å². The lowest BCUT2D eigenvalue weighted by atomic mass is 9.72. The second kappa shape index (κ2) is 14.0. The first-order valence-electron chi connectivity index (χ1n) is 11.4. The summed E-state index contributed by atoms with van der Waals surface area (Å²) < 4.78 is 0. The zero-order valence-corrected chi connectivity index (χ0v) is 19.7. The molecule has 0 N–H and O–H groups in total. The summed E-state index contributed by atoms with van der Waals surface area (Å²) in [4.78, 5) is 0. The number of hydrogen-bond acceptors (Lipinski definition) is 0. The average molecular weight is 391 g/mol. The van der Waals surface area contributed by atoms with E-state index in [1.807, 2.05) is 0 Å². The van der Waals surface area contributed by atoms with Gasteiger partial charge < -0.3 is 0 Å². The molecule has 2 aromatic carbocycles. The van der Waals surface area contributed by atoms with Gasteiger partial charge in [-0.25, -0.2) is 0 Å². The molecule has 2 rings (SSSR count). The molecule has 0 heteroatoms. The molecule has 0 heterocycles. The molecule has 0 aromatic heterocycles. The van der Waals surface area contributed by atoms with Gasteiger partial charge in [-0.1, -0.05) is 112 Å². The molecule has 0 bridgehead atoms. The standard InChI is InChI=1S/C19H24.C10H18/c1-3-19(4-2,15-17-11-7-5-8-12-17)16-18-13-9-6-10-14-18;1-5-7-9(3)10(4)8-6-2/h5-14H,3-4,15-16H2,1-2H3;7-8H,5-6H2,1-4H3/b;9-7+,10-8+. The van der Waals surface area contributed by atoms with E-state index in [4.69, 9.17) is 0 Å². The molecular weight excluding hydrogens is 348 g/mol. The minimum atomic E-state index is 0.392.